The lowest BCUT2D eigenvalue weighted by atomic mass is 9.87. The van der Waals surface area contributed by atoms with Gasteiger partial charge in [0.05, 0.1) is 24.0 Å². The van der Waals surface area contributed by atoms with Gasteiger partial charge in [-0.2, -0.15) is 0 Å². The van der Waals surface area contributed by atoms with Crippen molar-refractivity contribution in [1.29, 1.82) is 0 Å². The zero-order chi connectivity index (χ0) is 14.8. The largest absolute Gasteiger partial charge is 0.465 e. The zero-order valence-electron chi connectivity index (χ0n) is 11.9. The molecular formula is C15H20N2O3. The smallest absolute Gasteiger partial charge is 0.340 e. The van der Waals surface area contributed by atoms with Gasteiger partial charge in [0, 0.05) is 5.41 Å². The predicted octanol–water partition coefficient (Wildman–Crippen LogP) is 2.57. The number of ether oxygens (including phenoxy) is 1. The Kier molecular flexibility index (Phi) is 3.97. The van der Waals surface area contributed by atoms with Gasteiger partial charge in [0.15, 0.2) is 0 Å². The van der Waals surface area contributed by atoms with Gasteiger partial charge in [-0.3, -0.25) is 4.79 Å². The molecule has 0 aromatic heterocycles. The molecule has 0 bridgehead atoms. The van der Waals surface area contributed by atoms with Crippen molar-refractivity contribution in [3.8, 4) is 0 Å². The molecule has 108 valence electrons. The summed E-state index contributed by atoms with van der Waals surface area (Å²) in [5, 5.41) is 2.84. The van der Waals surface area contributed by atoms with Crippen LogP contribution in [0.4, 0.5) is 11.4 Å². The fraction of sp³-hybridized carbons (Fsp3) is 0.467. The van der Waals surface area contributed by atoms with Crippen LogP contribution in [0.15, 0.2) is 18.2 Å². The number of methoxy groups -OCH3 is 1. The van der Waals surface area contributed by atoms with Gasteiger partial charge in [-0.15, -0.1) is 0 Å². The average molecular weight is 276 g/mol. The van der Waals surface area contributed by atoms with Crippen LogP contribution in [0.25, 0.3) is 0 Å². The first-order valence-electron chi connectivity index (χ1n) is 6.76. The number of hydrogen-bond acceptors (Lipinski definition) is 4. The van der Waals surface area contributed by atoms with Crippen molar-refractivity contribution in [3.63, 3.8) is 0 Å². The molecule has 20 heavy (non-hydrogen) atoms. The van der Waals surface area contributed by atoms with Gasteiger partial charge in [0.2, 0.25) is 5.91 Å². The van der Waals surface area contributed by atoms with Crippen LogP contribution in [-0.2, 0) is 9.53 Å². The number of nitrogens with two attached hydrogens (primary N) is 1. The first kappa shape index (κ1) is 14.4. The van der Waals surface area contributed by atoms with Crippen LogP contribution in [0.2, 0.25) is 0 Å². The van der Waals surface area contributed by atoms with Crippen LogP contribution in [0.5, 0.6) is 0 Å². The predicted molar refractivity (Wildman–Crippen MR) is 77.4 cm³/mol. The molecule has 0 aliphatic heterocycles. The van der Waals surface area contributed by atoms with Crippen LogP contribution in [0, 0.1) is 5.41 Å². The summed E-state index contributed by atoms with van der Waals surface area (Å²) in [6.45, 7) is 1.97. The van der Waals surface area contributed by atoms with E-state index < -0.39 is 5.97 Å². The van der Waals surface area contributed by atoms with E-state index in [2.05, 4.69) is 10.1 Å². The van der Waals surface area contributed by atoms with E-state index in [4.69, 9.17) is 5.73 Å². The Labute approximate surface area is 118 Å². The number of hydrogen-bond donors (Lipinski definition) is 2. The topological polar surface area (TPSA) is 81.4 Å². The van der Waals surface area contributed by atoms with Crippen LogP contribution in [-0.4, -0.2) is 19.0 Å². The number of nitrogens with one attached hydrogen (secondary N) is 1. The molecule has 1 aliphatic carbocycles. The third-order valence-corrected chi connectivity index (χ3v) is 4.01. The van der Waals surface area contributed by atoms with Gasteiger partial charge in [0.1, 0.15) is 0 Å². The maximum Gasteiger partial charge on any atom is 0.340 e. The Bertz CT molecular complexity index is 534. The zero-order valence-corrected chi connectivity index (χ0v) is 11.9. The molecule has 1 aromatic carbocycles. The number of esters is 1. The van der Waals surface area contributed by atoms with E-state index in [9.17, 15) is 9.59 Å². The molecule has 1 amide bonds. The van der Waals surface area contributed by atoms with Crippen LogP contribution in [0.1, 0.15) is 43.0 Å². The molecule has 0 heterocycles. The van der Waals surface area contributed by atoms with E-state index in [1.165, 1.54) is 7.11 Å². The normalized spacial score (nSPS) is 16.7. The highest BCUT2D eigenvalue weighted by molar-refractivity contribution is 6.03. The summed E-state index contributed by atoms with van der Waals surface area (Å²) in [7, 11) is 1.30. The molecular weight excluding hydrogens is 256 g/mol. The SMILES string of the molecule is COC(=O)c1cccc(NC(=O)C2(C)CCCC2)c1N. The molecule has 0 spiro atoms. The van der Waals surface area contributed by atoms with Crippen molar-refractivity contribution in [2.75, 3.05) is 18.2 Å². The second-order valence-electron chi connectivity index (χ2n) is 5.48. The first-order valence-corrected chi connectivity index (χ1v) is 6.76. The molecule has 5 heteroatoms. The molecule has 1 aliphatic rings. The van der Waals surface area contributed by atoms with Crippen molar-refractivity contribution in [2.45, 2.75) is 32.6 Å². The molecule has 5 nitrogen and oxygen atoms in total. The molecule has 3 N–H and O–H groups in total. The summed E-state index contributed by atoms with van der Waals surface area (Å²) >= 11 is 0. The first-order chi connectivity index (χ1) is 9.48. The lowest BCUT2D eigenvalue weighted by Crippen LogP contribution is -2.31. The second kappa shape index (κ2) is 5.53. The molecule has 0 saturated heterocycles. The second-order valence-corrected chi connectivity index (χ2v) is 5.48. The fourth-order valence-corrected chi connectivity index (χ4v) is 2.62. The number of benzene rings is 1. The highest BCUT2D eigenvalue weighted by Crippen LogP contribution is 2.39. The lowest BCUT2D eigenvalue weighted by molar-refractivity contribution is -0.124. The Balaban J connectivity index is 2.22. The van der Waals surface area contributed by atoms with Gasteiger partial charge in [0.25, 0.3) is 0 Å². The van der Waals surface area contributed by atoms with Crippen LogP contribution in [0.3, 0.4) is 0 Å². The van der Waals surface area contributed by atoms with E-state index in [1.807, 2.05) is 6.92 Å². The van der Waals surface area contributed by atoms with Crippen molar-refractivity contribution in [2.24, 2.45) is 5.41 Å². The number of nitrogen functional groups attached to an aromatic ring is 1. The van der Waals surface area contributed by atoms with Crippen LogP contribution < -0.4 is 11.1 Å². The molecule has 1 aromatic rings. The Morgan fingerprint density at radius 3 is 2.55 bits per heavy atom. The molecule has 0 unspecified atom stereocenters. The third kappa shape index (κ3) is 2.61. The number of carbonyl (C=O) groups excluding carboxylic acids is 2. The molecule has 0 atom stereocenters. The quantitative estimate of drug-likeness (QED) is 0.656. The number of carbonyl (C=O) groups is 2. The number of para-hydroxylation sites is 1. The minimum absolute atomic E-state index is 0.0382. The average Bonchev–Trinajstić information content (AvgIpc) is 2.88. The van der Waals surface area contributed by atoms with E-state index in [-0.39, 0.29) is 22.6 Å². The molecule has 1 saturated carbocycles. The van der Waals surface area contributed by atoms with Gasteiger partial charge < -0.3 is 15.8 Å². The summed E-state index contributed by atoms with van der Waals surface area (Å²) in [5.74, 6) is -0.547. The number of anilines is 2. The van der Waals surface area contributed by atoms with E-state index >= 15 is 0 Å². The van der Waals surface area contributed by atoms with Crippen molar-refractivity contribution in [3.05, 3.63) is 23.8 Å². The third-order valence-electron chi connectivity index (χ3n) is 4.01. The minimum atomic E-state index is -0.509. The maximum absolute atomic E-state index is 12.4. The van der Waals surface area contributed by atoms with Gasteiger partial charge >= 0.3 is 5.97 Å². The Morgan fingerprint density at radius 1 is 1.30 bits per heavy atom. The fourth-order valence-electron chi connectivity index (χ4n) is 2.62. The summed E-state index contributed by atoms with van der Waals surface area (Å²) in [6.07, 6.45) is 3.91. The summed E-state index contributed by atoms with van der Waals surface area (Å²) in [6, 6.07) is 4.95. The number of amides is 1. The van der Waals surface area contributed by atoms with Gasteiger partial charge in [-0.05, 0) is 25.0 Å². The summed E-state index contributed by atoms with van der Waals surface area (Å²) in [4.78, 5) is 23.9. The van der Waals surface area contributed by atoms with Gasteiger partial charge in [-0.1, -0.05) is 25.8 Å². The van der Waals surface area contributed by atoms with Crippen molar-refractivity contribution >= 4 is 23.3 Å². The highest BCUT2D eigenvalue weighted by atomic mass is 16.5. The van der Waals surface area contributed by atoms with E-state index in [0.29, 0.717) is 5.69 Å². The summed E-state index contributed by atoms with van der Waals surface area (Å²) in [5.41, 5.74) is 6.57. The lowest BCUT2D eigenvalue weighted by Gasteiger charge is -2.23. The molecule has 1 fully saturated rings. The molecule has 0 radical (unpaired) electrons. The van der Waals surface area contributed by atoms with Crippen LogP contribution >= 0.6 is 0 Å². The van der Waals surface area contributed by atoms with E-state index in [0.717, 1.165) is 25.7 Å². The summed E-state index contributed by atoms with van der Waals surface area (Å²) < 4.78 is 4.67. The Hall–Kier alpha value is -2.04. The Morgan fingerprint density at radius 2 is 1.95 bits per heavy atom. The molecule has 2 rings (SSSR count). The van der Waals surface area contributed by atoms with Crippen molar-refractivity contribution in [1.82, 2.24) is 0 Å². The highest BCUT2D eigenvalue weighted by Gasteiger charge is 2.36. The standard InChI is InChI=1S/C15H20N2O3/c1-15(8-3-4-9-15)14(19)17-11-7-5-6-10(12(11)16)13(18)20-2/h5-7H,3-4,8-9,16H2,1-2H3,(H,17,19). The monoisotopic (exact) mass is 276 g/mol. The number of rotatable bonds is 3. The minimum Gasteiger partial charge on any atom is -0.465 e. The maximum atomic E-state index is 12.4. The van der Waals surface area contributed by atoms with E-state index in [1.54, 1.807) is 18.2 Å². The van der Waals surface area contributed by atoms with Crippen molar-refractivity contribution < 1.29 is 14.3 Å². The van der Waals surface area contributed by atoms with Gasteiger partial charge in [-0.25, -0.2) is 4.79 Å².